The summed E-state index contributed by atoms with van der Waals surface area (Å²) in [5, 5.41) is 2.26. The van der Waals surface area contributed by atoms with Crippen LogP contribution in [0.25, 0.3) is 0 Å². The third-order valence-corrected chi connectivity index (χ3v) is 11.0. The second-order valence-electron chi connectivity index (χ2n) is 8.88. The molecule has 1 aliphatic rings. The third kappa shape index (κ3) is 3.62. The molecule has 0 unspecified atom stereocenters. The van der Waals surface area contributed by atoms with Gasteiger partial charge in [0.2, 0.25) is 0 Å². The van der Waals surface area contributed by atoms with Crippen LogP contribution in [0.2, 0.25) is 5.04 Å². The minimum absolute atomic E-state index is 0.0641. The highest BCUT2D eigenvalue weighted by atomic mass is 28.4. The van der Waals surface area contributed by atoms with Crippen LogP contribution < -0.4 is 15.3 Å². The molecule has 0 aromatic heterocycles. The van der Waals surface area contributed by atoms with Gasteiger partial charge in [-0.1, -0.05) is 99.6 Å². The predicted molar refractivity (Wildman–Crippen MR) is 126 cm³/mol. The maximum absolute atomic E-state index is 13.4. The number of hydrogen-bond donors (Lipinski definition) is 0. The summed E-state index contributed by atoms with van der Waals surface area (Å²) in [5.74, 6) is 0.0641. The van der Waals surface area contributed by atoms with Crippen LogP contribution in [0.15, 0.2) is 91.0 Å². The van der Waals surface area contributed by atoms with Gasteiger partial charge in [-0.05, 0) is 34.0 Å². The Morgan fingerprint density at radius 3 is 1.73 bits per heavy atom. The first-order valence-corrected chi connectivity index (χ1v) is 12.5. The lowest BCUT2D eigenvalue weighted by Crippen LogP contribution is -2.68. The van der Waals surface area contributed by atoms with E-state index in [4.69, 9.17) is 4.43 Å². The Kier molecular flexibility index (Phi) is 5.63. The molecular formula is C26H29NO2Si. The Bertz CT molecular complexity index is 944. The van der Waals surface area contributed by atoms with E-state index >= 15 is 0 Å². The lowest BCUT2D eigenvalue weighted by atomic mass is 10.2. The smallest absolute Gasteiger partial charge is 0.262 e. The second-order valence-corrected chi connectivity index (χ2v) is 13.1. The summed E-state index contributed by atoms with van der Waals surface area (Å²) in [6.45, 7) is 7.42. The van der Waals surface area contributed by atoms with Crippen LogP contribution in [-0.4, -0.2) is 26.9 Å². The molecule has 30 heavy (non-hydrogen) atoms. The fourth-order valence-corrected chi connectivity index (χ4v) is 9.19. The molecule has 0 bridgehead atoms. The highest BCUT2D eigenvalue weighted by molar-refractivity contribution is 6.99. The van der Waals surface area contributed by atoms with Crippen molar-refractivity contribution in [2.24, 2.45) is 0 Å². The minimum Gasteiger partial charge on any atom is -0.395 e. The summed E-state index contributed by atoms with van der Waals surface area (Å²) < 4.78 is 7.05. The van der Waals surface area contributed by atoms with E-state index in [1.54, 1.807) is 0 Å². The van der Waals surface area contributed by atoms with Gasteiger partial charge in [-0.15, -0.1) is 0 Å². The second kappa shape index (κ2) is 8.21. The van der Waals surface area contributed by atoms with Crippen molar-refractivity contribution >= 4 is 30.3 Å². The molecule has 154 valence electrons. The zero-order chi connectivity index (χ0) is 21.2. The predicted octanol–water partition coefficient (Wildman–Crippen LogP) is 4.37. The molecule has 0 spiro atoms. The van der Waals surface area contributed by atoms with Crippen LogP contribution in [0.1, 0.15) is 27.2 Å². The number of hydrogen-bond acceptors (Lipinski definition) is 2. The van der Waals surface area contributed by atoms with E-state index < -0.39 is 14.4 Å². The maximum Gasteiger partial charge on any atom is 0.262 e. The largest absolute Gasteiger partial charge is 0.395 e. The van der Waals surface area contributed by atoms with Gasteiger partial charge >= 0.3 is 0 Å². The van der Waals surface area contributed by atoms with Gasteiger partial charge in [0.15, 0.2) is 0 Å². The molecule has 0 aliphatic carbocycles. The van der Waals surface area contributed by atoms with Crippen molar-refractivity contribution in [1.82, 2.24) is 0 Å². The van der Waals surface area contributed by atoms with Crippen LogP contribution in [0.5, 0.6) is 0 Å². The first-order valence-electron chi connectivity index (χ1n) is 10.6. The van der Waals surface area contributed by atoms with Crippen LogP contribution in [0.4, 0.5) is 5.69 Å². The summed E-state index contributed by atoms with van der Waals surface area (Å²) in [4.78, 5) is 15.3. The van der Waals surface area contributed by atoms with Gasteiger partial charge in [0.25, 0.3) is 14.2 Å². The molecule has 1 fully saturated rings. The van der Waals surface area contributed by atoms with E-state index in [9.17, 15) is 4.79 Å². The number of carbonyl (C=O) groups is 1. The summed E-state index contributed by atoms with van der Waals surface area (Å²) in [6.07, 6.45) is 0.273. The van der Waals surface area contributed by atoms with Gasteiger partial charge in [-0.2, -0.15) is 0 Å². The van der Waals surface area contributed by atoms with E-state index in [-0.39, 0.29) is 10.9 Å². The summed E-state index contributed by atoms with van der Waals surface area (Å²) in [6, 6.07) is 30.9. The molecule has 1 heterocycles. The highest BCUT2D eigenvalue weighted by Gasteiger charge is 2.53. The molecule has 3 nitrogen and oxygen atoms in total. The van der Waals surface area contributed by atoms with Crippen LogP contribution >= 0.6 is 0 Å². The zero-order valence-corrected chi connectivity index (χ0v) is 18.9. The van der Waals surface area contributed by atoms with Gasteiger partial charge in [-0.3, -0.25) is 4.79 Å². The fraction of sp³-hybridized carbons (Fsp3) is 0.269. The maximum atomic E-state index is 13.4. The summed E-state index contributed by atoms with van der Waals surface area (Å²) in [7, 11) is -2.73. The normalized spacial score (nSPS) is 17.4. The molecule has 0 saturated carbocycles. The monoisotopic (exact) mass is 415 g/mol. The van der Waals surface area contributed by atoms with Crippen LogP contribution in [-0.2, 0) is 9.22 Å². The minimum atomic E-state index is -2.73. The quantitative estimate of drug-likeness (QED) is 0.579. The Morgan fingerprint density at radius 1 is 0.800 bits per heavy atom. The number of para-hydroxylation sites is 1. The van der Waals surface area contributed by atoms with Gasteiger partial charge in [0.1, 0.15) is 6.10 Å². The Balaban J connectivity index is 1.77. The standard InChI is InChI=1S/C26H29NO2Si/c1-26(2,3)30(22-15-9-5-10-16-22,23-17-11-6-12-18-23)29-24-19-20-27(25(24)28)21-13-7-4-8-14-21/h4-18,24H,19-20H2,1-3H3/t24-/m1/s1. The van der Waals surface area contributed by atoms with Crippen molar-refractivity contribution in [3.63, 3.8) is 0 Å². The molecule has 0 radical (unpaired) electrons. The van der Waals surface area contributed by atoms with E-state index in [1.165, 1.54) is 10.4 Å². The van der Waals surface area contributed by atoms with Gasteiger partial charge in [0.05, 0.1) is 0 Å². The lowest BCUT2D eigenvalue weighted by molar-refractivity contribution is -0.123. The molecule has 1 atom stereocenters. The SMILES string of the molecule is CC(C)(C)[Si](O[C@@H]1CCN(c2ccccc2)C1=O)(c1ccccc1)c1ccccc1. The summed E-state index contributed by atoms with van der Waals surface area (Å²) in [5.41, 5.74) is 0.941. The van der Waals surface area contributed by atoms with Crippen LogP contribution in [0, 0.1) is 0 Å². The number of amides is 1. The number of nitrogens with zero attached hydrogens (tertiary/aromatic N) is 1. The molecule has 0 N–H and O–H groups in total. The number of carbonyl (C=O) groups excluding carboxylic acids is 1. The molecule has 3 aromatic carbocycles. The molecule has 1 aliphatic heterocycles. The Morgan fingerprint density at radius 2 is 1.27 bits per heavy atom. The lowest BCUT2D eigenvalue weighted by Gasteiger charge is -2.44. The number of benzene rings is 3. The van der Waals surface area contributed by atoms with Gasteiger partial charge < -0.3 is 9.33 Å². The van der Waals surface area contributed by atoms with E-state index in [1.807, 2.05) is 47.4 Å². The van der Waals surface area contributed by atoms with Crippen molar-refractivity contribution in [1.29, 1.82) is 0 Å². The zero-order valence-electron chi connectivity index (χ0n) is 17.9. The molecule has 1 saturated heterocycles. The average molecular weight is 416 g/mol. The van der Waals surface area contributed by atoms with Crippen molar-refractivity contribution in [3.05, 3.63) is 91.0 Å². The van der Waals surface area contributed by atoms with E-state index in [0.29, 0.717) is 13.0 Å². The van der Waals surface area contributed by atoms with E-state index in [0.717, 1.165) is 5.69 Å². The number of rotatable bonds is 5. The van der Waals surface area contributed by atoms with Crippen LogP contribution in [0.3, 0.4) is 0 Å². The van der Waals surface area contributed by atoms with Crippen molar-refractivity contribution in [2.75, 3.05) is 11.4 Å². The average Bonchev–Trinajstić information content (AvgIpc) is 3.13. The first kappa shape index (κ1) is 20.6. The van der Waals surface area contributed by atoms with Gasteiger partial charge in [-0.25, -0.2) is 0 Å². The number of anilines is 1. The van der Waals surface area contributed by atoms with Crippen molar-refractivity contribution in [2.45, 2.75) is 38.3 Å². The fourth-order valence-electron chi connectivity index (χ4n) is 4.53. The molecular weight excluding hydrogens is 386 g/mol. The summed E-state index contributed by atoms with van der Waals surface area (Å²) >= 11 is 0. The van der Waals surface area contributed by atoms with E-state index in [2.05, 4.69) is 69.3 Å². The molecule has 4 heteroatoms. The van der Waals surface area contributed by atoms with Gasteiger partial charge in [0, 0.05) is 12.2 Å². The molecule has 1 amide bonds. The van der Waals surface area contributed by atoms with Crippen molar-refractivity contribution < 1.29 is 9.22 Å². The first-order chi connectivity index (χ1) is 14.4. The Hall–Kier alpha value is -2.69. The highest BCUT2D eigenvalue weighted by Crippen LogP contribution is 2.39. The topological polar surface area (TPSA) is 29.5 Å². The van der Waals surface area contributed by atoms with Crippen molar-refractivity contribution in [3.8, 4) is 0 Å². The molecule has 3 aromatic rings. The Labute approximate surface area is 180 Å². The molecule has 4 rings (SSSR count). The third-order valence-electron chi connectivity index (χ3n) is 5.96.